The molecule has 0 bridgehead atoms. The molecule has 0 saturated carbocycles. The van der Waals surface area contributed by atoms with Gasteiger partial charge >= 0.3 is 5.69 Å². The highest BCUT2D eigenvalue weighted by atomic mass is 35.5. The summed E-state index contributed by atoms with van der Waals surface area (Å²) in [7, 11) is 0. The highest BCUT2D eigenvalue weighted by molar-refractivity contribution is 6.42. The molecule has 3 aromatic rings. The zero-order chi connectivity index (χ0) is 20.0. The van der Waals surface area contributed by atoms with Gasteiger partial charge in [0.2, 0.25) is 0 Å². The number of nitrogens with zero attached hydrogens (tertiary/aromatic N) is 2. The first-order chi connectivity index (χ1) is 13.3. The van der Waals surface area contributed by atoms with E-state index in [-0.39, 0.29) is 23.6 Å². The van der Waals surface area contributed by atoms with Crippen LogP contribution in [-0.4, -0.2) is 27.5 Å². The molecule has 1 aliphatic heterocycles. The lowest BCUT2D eigenvalue weighted by molar-refractivity contribution is 0.141. The molecule has 148 valence electrons. The number of aromatic amines is 1. The molecule has 4 nitrogen and oxygen atoms in total. The number of imidazole rings is 1. The van der Waals surface area contributed by atoms with E-state index in [2.05, 4.69) is 9.88 Å². The first kappa shape index (κ1) is 19.8. The Morgan fingerprint density at radius 3 is 2.46 bits per heavy atom. The van der Waals surface area contributed by atoms with Crippen LogP contribution >= 0.6 is 34.8 Å². The van der Waals surface area contributed by atoms with Crippen LogP contribution in [0.2, 0.25) is 15.1 Å². The first-order valence-corrected chi connectivity index (χ1v) is 10.3. The van der Waals surface area contributed by atoms with Crippen molar-refractivity contribution in [2.24, 2.45) is 0 Å². The summed E-state index contributed by atoms with van der Waals surface area (Å²) in [4.78, 5) is 17.6. The van der Waals surface area contributed by atoms with Crippen molar-refractivity contribution in [2.45, 2.75) is 31.8 Å². The number of halogens is 4. The van der Waals surface area contributed by atoms with Crippen LogP contribution in [0.1, 0.15) is 37.4 Å². The maximum absolute atomic E-state index is 14.3. The maximum atomic E-state index is 14.3. The lowest BCUT2D eigenvalue weighted by Crippen LogP contribution is -2.38. The highest BCUT2D eigenvalue weighted by Crippen LogP contribution is 2.33. The van der Waals surface area contributed by atoms with Crippen LogP contribution in [0.4, 0.5) is 4.39 Å². The molecule has 0 radical (unpaired) electrons. The molecule has 0 amide bonds. The van der Waals surface area contributed by atoms with Gasteiger partial charge < -0.3 is 4.98 Å². The third-order valence-electron chi connectivity index (χ3n) is 5.58. The van der Waals surface area contributed by atoms with Gasteiger partial charge in [-0.05, 0) is 44.0 Å². The fourth-order valence-corrected chi connectivity index (χ4v) is 4.53. The van der Waals surface area contributed by atoms with Gasteiger partial charge in [-0.15, -0.1) is 0 Å². The third kappa shape index (κ3) is 3.57. The van der Waals surface area contributed by atoms with Crippen LogP contribution in [0.15, 0.2) is 35.1 Å². The highest BCUT2D eigenvalue weighted by Gasteiger charge is 2.27. The summed E-state index contributed by atoms with van der Waals surface area (Å²) in [5.74, 6) is -0.290. The molecule has 0 spiro atoms. The summed E-state index contributed by atoms with van der Waals surface area (Å²) in [6, 6.07) is 8.20. The number of fused-ring (bicyclic) bond motifs is 1. The van der Waals surface area contributed by atoms with Crippen molar-refractivity contribution >= 4 is 45.8 Å². The molecule has 2 aromatic carbocycles. The molecule has 8 heteroatoms. The summed E-state index contributed by atoms with van der Waals surface area (Å²) < 4.78 is 16.0. The van der Waals surface area contributed by atoms with Crippen molar-refractivity contribution in [3.05, 3.63) is 67.3 Å². The van der Waals surface area contributed by atoms with Gasteiger partial charge in [-0.1, -0.05) is 40.9 Å². The van der Waals surface area contributed by atoms with E-state index in [1.54, 1.807) is 28.8 Å². The normalized spacial score (nSPS) is 17.3. The second kappa shape index (κ2) is 7.71. The molecule has 1 fully saturated rings. The minimum atomic E-state index is -0.290. The third-order valence-corrected chi connectivity index (χ3v) is 6.54. The number of nitrogens with one attached hydrogen (secondary N) is 1. The Bertz CT molecular complexity index is 1090. The van der Waals surface area contributed by atoms with E-state index in [0.717, 1.165) is 31.4 Å². The summed E-state index contributed by atoms with van der Waals surface area (Å²) in [5, 5.41) is 1.23. The fourth-order valence-electron chi connectivity index (χ4n) is 4.05. The van der Waals surface area contributed by atoms with E-state index in [9.17, 15) is 9.18 Å². The fraction of sp³-hybridized carbons (Fsp3) is 0.350. The van der Waals surface area contributed by atoms with Gasteiger partial charge in [-0.25, -0.2) is 9.18 Å². The number of aromatic nitrogens is 2. The largest absolute Gasteiger partial charge is 0.326 e. The average Bonchev–Trinajstić information content (AvgIpc) is 2.96. The van der Waals surface area contributed by atoms with Gasteiger partial charge in [0.1, 0.15) is 5.82 Å². The molecule has 1 aliphatic rings. The summed E-state index contributed by atoms with van der Waals surface area (Å²) in [6.45, 7) is 3.51. The molecule has 2 heterocycles. The molecular weight excluding hydrogens is 424 g/mol. The molecule has 1 atom stereocenters. The number of likely N-dealkylation sites (tertiary alicyclic amines) is 1. The number of piperidine rings is 1. The topological polar surface area (TPSA) is 41.0 Å². The van der Waals surface area contributed by atoms with Crippen molar-refractivity contribution in [3.63, 3.8) is 0 Å². The average molecular weight is 443 g/mol. The molecule has 0 aliphatic carbocycles. The number of hydrogen-bond donors (Lipinski definition) is 1. The van der Waals surface area contributed by atoms with Crippen LogP contribution in [0, 0.1) is 5.82 Å². The second-order valence-corrected chi connectivity index (χ2v) is 8.44. The molecular formula is C20H19Cl3FN3O. The summed E-state index contributed by atoms with van der Waals surface area (Å²) in [6.07, 6.45) is 1.57. The van der Waals surface area contributed by atoms with E-state index in [1.807, 2.05) is 6.92 Å². The molecule has 28 heavy (non-hydrogen) atoms. The van der Waals surface area contributed by atoms with Gasteiger partial charge in [-0.2, -0.15) is 0 Å². The van der Waals surface area contributed by atoms with E-state index < -0.39 is 0 Å². The van der Waals surface area contributed by atoms with E-state index >= 15 is 0 Å². The lowest BCUT2D eigenvalue weighted by atomic mass is 9.99. The minimum absolute atomic E-state index is 0.0528. The van der Waals surface area contributed by atoms with E-state index in [4.69, 9.17) is 34.8 Å². The molecule has 1 saturated heterocycles. The predicted molar refractivity (Wildman–Crippen MR) is 112 cm³/mol. The second-order valence-electron chi connectivity index (χ2n) is 7.19. The van der Waals surface area contributed by atoms with Crippen LogP contribution in [0.25, 0.3) is 11.0 Å². The Morgan fingerprint density at radius 1 is 1.11 bits per heavy atom. The van der Waals surface area contributed by atoms with Gasteiger partial charge in [0, 0.05) is 35.8 Å². The Labute approximate surface area is 176 Å². The van der Waals surface area contributed by atoms with Crippen molar-refractivity contribution < 1.29 is 4.39 Å². The predicted octanol–water partition coefficient (Wildman–Crippen LogP) is 5.83. The van der Waals surface area contributed by atoms with Crippen LogP contribution in [-0.2, 0) is 0 Å². The Balaban J connectivity index is 1.55. The molecule has 1 N–H and O–H groups in total. The number of hydrogen-bond acceptors (Lipinski definition) is 2. The van der Waals surface area contributed by atoms with Crippen molar-refractivity contribution in [2.75, 3.05) is 13.1 Å². The Kier molecular flexibility index (Phi) is 5.45. The quantitative estimate of drug-likeness (QED) is 0.554. The van der Waals surface area contributed by atoms with Crippen molar-refractivity contribution in [1.82, 2.24) is 14.5 Å². The SMILES string of the molecule is CC(c1ccc(Cl)cc1F)N1CCC(n2c(=O)[nH]c3cc(Cl)c(Cl)cc32)CC1. The zero-order valence-corrected chi connectivity index (χ0v) is 17.5. The summed E-state index contributed by atoms with van der Waals surface area (Å²) in [5.41, 5.74) is 1.91. The zero-order valence-electron chi connectivity index (χ0n) is 15.2. The molecule has 4 rings (SSSR count). The number of H-pyrrole nitrogens is 1. The van der Waals surface area contributed by atoms with Crippen molar-refractivity contribution in [3.8, 4) is 0 Å². The van der Waals surface area contributed by atoms with Gasteiger partial charge in [-0.3, -0.25) is 9.47 Å². The Hall–Kier alpha value is -1.53. The van der Waals surface area contributed by atoms with Gasteiger partial charge in [0.15, 0.2) is 0 Å². The molecule has 1 unspecified atom stereocenters. The lowest BCUT2D eigenvalue weighted by Gasteiger charge is -2.36. The van der Waals surface area contributed by atoms with Gasteiger partial charge in [0.05, 0.1) is 21.1 Å². The van der Waals surface area contributed by atoms with Crippen LogP contribution in [0.5, 0.6) is 0 Å². The van der Waals surface area contributed by atoms with Crippen molar-refractivity contribution in [1.29, 1.82) is 0 Å². The van der Waals surface area contributed by atoms with E-state index in [1.165, 1.54) is 6.07 Å². The van der Waals surface area contributed by atoms with E-state index in [0.29, 0.717) is 26.1 Å². The monoisotopic (exact) mass is 441 g/mol. The van der Waals surface area contributed by atoms with Crippen LogP contribution < -0.4 is 5.69 Å². The molecule has 1 aromatic heterocycles. The maximum Gasteiger partial charge on any atom is 0.326 e. The number of rotatable bonds is 3. The number of benzene rings is 2. The first-order valence-electron chi connectivity index (χ1n) is 9.13. The minimum Gasteiger partial charge on any atom is -0.305 e. The standard InChI is InChI=1S/C20H19Cl3FN3O/c1-11(14-3-2-12(21)8-17(14)24)26-6-4-13(5-7-26)27-19-10-16(23)15(22)9-18(19)25-20(27)28/h2-3,8-11,13H,4-7H2,1H3,(H,25,28). The van der Waals surface area contributed by atoms with Crippen LogP contribution in [0.3, 0.4) is 0 Å². The smallest absolute Gasteiger partial charge is 0.305 e. The summed E-state index contributed by atoms with van der Waals surface area (Å²) >= 11 is 18.1. The Morgan fingerprint density at radius 2 is 1.79 bits per heavy atom. The van der Waals surface area contributed by atoms with Gasteiger partial charge in [0.25, 0.3) is 0 Å².